The van der Waals surface area contributed by atoms with E-state index in [9.17, 15) is 4.79 Å². The Morgan fingerprint density at radius 1 is 1.17 bits per heavy atom. The maximum absolute atomic E-state index is 12.6. The molecule has 1 aromatic carbocycles. The number of thiazole rings is 1. The van der Waals surface area contributed by atoms with Crippen molar-refractivity contribution in [3.8, 4) is 0 Å². The van der Waals surface area contributed by atoms with Crippen LogP contribution >= 0.6 is 11.3 Å². The highest BCUT2D eigenvalue weighted by Gasteiger charge is 2.26. The van der Waals surface area contributed by atoms with Crippen molar-refractivity contribution < 1.29 is 4.79 Å². The van der Waals surface area contributed by atoms with Gasteiger partial charge >= 0.3 is 0 Å². The zero-order valence-electron chi connectivity index (χ0n) is 15.9. The Labute approximate surface area is 172 Å². The number of amides is 1. The predicted molar refractivity (Wildman–Crippen MR) is 114 cm³/mol. The molecule has 5 rings (SSSR count). The van der Waals surface area contributed by atoms with Crippen LogP contribution in [-0.4, -0.2) is 33.4 Å². The number of benzene rings is 1. The molecule has 0 radical (unpaired) electrons. The van der Waals surface area contributed by atoms with Crippen LogP contribution in [0.25, 0.3) is 5.65 Å². The molecule has 1 unspecified atom stereocenters. The Morgan fingerprint density at radius 3 is 2.97 bits per heavy atom. The van der Waals surface area contributed by atoms with E-state index < -0.39 is 0 Å². The van der Waals surface area contributed by atoms with Gasteiger partial charge in [0, 0.05) is 44.1 Å². The monoisotopic (exact) mass is 403 g/mol. The topological polar surface area (TPSA) is 62.5 Å². The molecule has 4 heterocycles. The maximum atomic E-state index is 12.6. The van der Waals surface area contributed by atoms with E-state index in [1.807, 2.05) is 28.9 Å². The summed E-state index contributed by atoms with van der Waals surface area (Å²) < 4.78 is 1.95. The molecule has 1 aliphatic rings. The lowest BCUT2D eigenvalue weighted by atomic mass is 9.99. The number of carbonyl (C=O) groups is 1. The van der Waals surface area contributed by atoms with Crippen molar-refractivity contribution in [2.24, 2.45) is 0 Å². The summed E-state index contributed by atoms with van der Waals surface area (Å²) in [4.78, 5) is 24.2. The van der Waals surface area contributed by atoms with Gasteiger partial charge in [-0.05, 0) is 23.6 Å². The zero-order valence-corrected chi connectivity index (χ0v) is 16.7. The van der Waals surface area contributed by atoms with E-state index in [0.717, 1.165) is 35.9 Å². The standard InChI is InChI=1S/C22H21N5OS/c28-21(24-12-16-6-7-20-23-9-11-26(20)14-16)19-13-25-22(29-19)27-10-8-18(15-27)17-4-2-1-3-5-17/h1-7,9,11,13-14,18H,8,10,12,15H2,(H,24,28). The van der Waals surface area contributed by atoms with E-state index in [1.165, 1.54) is 16.9 Å². The van der Waals surface area contributed by atoms with E-state index in [2.05, 4.69) is 50.5 Å². The lowest BCUT2D eigenvalue weighted by Gasteiger charge is -2.15. The number of hydrogen-bond acceptors (Lipinski definition) is 5. The second-order valence-electron chi connectivity index (χ2n) is 7.26. The molecule has 7 heteroatoms. The first-order valence-corrected chi connectivity index (χ1v) is 10.5. The number of aromatic nitrogens is 3. The molecule has 1 saturated heterocycles. The summed E-state index contributed by atoms with van der Waals surface area (Å²) in [6.07, 6.45) is 8.44. The number of nitrogens with zero attached hydrogens (tertiary/aromatic N) is 4. The summed E-state index contributed by atoms with van der Waals surface area (Å²) in [6.45, 7) is 2.39. The third kappa shape index (κ3) is 3.73. The van der Waals surface area contributed by atoms with Crippen molar-refractivity contribution in [1.29, 1.82) is 0 Å². The predicted octanol–water partition coefficient (Wildman–Crippen LogP) is 3.71. The Morgan fingerprint density at radius 2 is 2.07 bits per heavy atom. The quantitative estimate of drug-likeness (QED) is 0.552. The second kappa shape index (κ2) is 7.67. The molecule has 1 atom stereocenters. The van der Waals surface area contributed by atoms with E-state index in [0.29, 0.717) is 17.3 Å². The molecule has 0 saturated carbocycles. The van der Waals surface area contributed by atoms with Gasteiger partial charge in [-0.3, -0.25) is 4.79 Å². The fourth-order valence-electron chi connectivity index (χ4n) is 3.79. The van der Waals surface area contributed by atoms with Gasteiger partial charge in [0.1, 0.15) is 10.5 Å². The number of fused-ring (bicyclic) bond motifs is 1. The maximum Gasteiger partial charge on any atom is 0.263 e. The van der Waals surface area contributed by atoms with Gasteiger partial charge in [-0.15, -0.1) is 0 Å². The van der Waals surface area contributed by atoms with Crippen LogP contribution in [0.1, 0.15) is 33.1 Å². The van der Waals surface area contributed by atoms with E-state index in [-0.39, 0.29) is 5.91 Å². The van der Waals surface area contributed by atoms with Crippen LogP contribution < -0.4 is 10.2 Å². The van der Waals surface area contributed by atoms with Crippen molar-refractivity contribution >= 4 is 28.0 Å². The lowest BCUT2D eigenvalue weighted by molar-refractivity contribution is 0.0954. The van der Waals surface area contributed by atoms with Crippen LogP contribution in [0.5, 0.6) is 0 Å². The van der Waals surface area contributed by atoms with Gasteiger partial charge < -0.3 is 14.6 Å². The minimum atomic E-state index is -0.0849. The van der Waals surface area contributed by atoms with Crippen molar-refractivity contribution in [1.82, 2.24) is 19.7 Å². The van der Waals surface area contributed by atoms with E-state index in [1.54, 1.807) is 12.4 Å². The first-order valence-electron chi connectivity index (χ1n) is 9.72. The average molecular weight is 404 g/mol. The Kier molecular flexibility index (Phi) is 4.73. The van der Waals surface area contributed by atoms with Crippen LogP contribution in [0.3, 0.4) is 0 Å². The van der Waals surface area contributed by atoms with Gasteiger partial charge in [-0.2, -0.15) is 0 Å². The molecule has 1 aliphatic heterocycles. The van der Waals surface area contributed by atoms with Gasteiger partial charge in [-0.1, -0.05) is 47.7 Å². The molecule has 1 N–H and O–H groups in total. The highest BCUT2D eigenvalue weighted by atomic mass is 32.1. The Bertz CT molecular complexity index is 1140. The van der Waals surface area contributed by atoms with Crippen LogP contribution in [0.2, 0.25) is 0 Å². The third-order valence-electron chi connectivity index (χ3n) is 5.35. The molecule has 4 aromatic rings. The highest BCUT2D eigenvalue weighted by Crippen LogP contribution is 2.32. The number of imidazole rings is 1. The number of anilines is 1. The molecule has 3 aromatic heterocycles. The van der Waals surface area contributed by atoms with E-state index in [4.69, 9.17) is 0 Å². The first kappa shape index (κ1) is 17.9. The van der Waals surface area contributed by atoms with Crippen LogP contribution in [0.4, 0.5) is 5.13 Å². The molecule has 6 nitrogen and oxygen atoms in total. The molecular weight excluding hydrogens is 382 g/mol. The number of pyridine rings is 1. The number of carbonyl (C=O) groups excluding carboxylic acids is 1. The van der Waals surface area contributed by atoms with Gasteiger partial charge in [-0.25, -0.2) is 9.97 Å². The Balaban J connectivity index is 1.21. The molecule has 0 bridgehead atoms. The first-order chi connectivity index (χ1) is 14.3. The van der Waals surface area contributed by atoms with E-state index >= 15 is 0 Å². The fraction of sp³-hybridized carbons (Fsp3) is 0.227. The van der Waals surface area contributed by atoms with Gasteiger partial charge in [0.25, 0.3) is 5.91 Å². The molecular formula is C22H21N5OS. The summed E-state index contributed by atoms with van der Waals surface area (Å²) in [6, 6.07) is 14.5. The molecule has 1 fully saturated rings. The highest BCUT2D eigenvalue weighted by molar-refractivity contribution is 7.17. The zero-order chi connectivity index (χ0) is 19.6. The average Bonchev–Trinajstić information content (AvgIpc) is 3.52. The number of nitrogens with one attached hydrogen (secondary N) is 1. The molecule has 29 heavy (non-hydrogen) atoms. The summed E-state index contributed by atoms with van der Waals surface area (Å²) in [5.41, 5.74) is 3.30. The molecule has 146 valence electrons. The SMILES string of the molecule is O=C(NCc1ccc2nccn2c1)c1cnc(N2CCC(c3ccccc3)C2)s1. The Hall–Kier alpha value is -3.19. The minimum Gasteiger partial charge on any atom is -0.347 e. The summed E-state index contributed by atoms with van der Waals surface area (Å²) in [7, 11) is 0. The smallest absolute Gasteiger partial charge is 0.263 e. The van der Waals surface area contributed by atoms with Crippen LogP contribution in [-0.2, 0) is 6.54 Å². The molecule has 1 amide bonds. The van der Waals surface area contributed by atoms with Crippen molar-refractivity contribution in [2.45, 2.75) is 18.9 Å². The van der Waals surface area contributed by atoms with Gasteiger partial charge in [0.05, 0.1) is 6.20 Å². The lowest BCUT2D eigenvalue weighted by Crippen LogP contribution is -2.22. The van der Waals surface area contributed by atoms with Crippen molar-refractivity contribution in [3.63, 3.8) is 0 Å². The summed E-state index contributed by atoms with van der Waals surface area (Å²) in [5, 5.41) is 3.91. The van der Waals surface area contributed by atoms with Gasteiger partial charge in [0.2, 0.25) is 0 Å². The molecule has 0 spiro atoms. The molecule has 0 aliphatic carbocycles. The summed E-state index contributed by atoms with van der Waals surface area (Å²) in [5.74, 6) is 0.439. The minimum absolute atomic E-state index is 0.0849. The number of rotatable bonds is 5. The fourth-order valence-corrected chi connectivity index (χ4v) is 4.65. The van der Waals surface area contributed by atoms with Crippen molar-refractivity contribution in [3.05, 3.63) is 83.3 Å². The van der Waals surface area contributed by atoms with Gasteiger partial charge in [0.15, 0.2) is 5.13 Å². The van der Waals surface area contributed by atoms with Crippen LogP contribution in [0, 0.1) is 0 Å². The summed E-state index contributed by atoms with van der Waals surface area (Å²) >= 11 is 1.46. The third-order valence-corrected chi connectivity index (χ3v) is 6.41. The normalized spacial score (nSPS) is 16.4. The number of hydrogen-bond donors (Lipinski definition) is 1. The largest absolute Gasteiger partial charge is 0.347 e. The van der Waals surface area contributed by atoms with Crippen LogP contribution in [0.15, 0.2) is 67.3 Å². The second-order valence-corrected chi connectivity index (χ2v) is 8.27. The van der Waals surface area contributed by atoms with Crippen molar-refractivity contribution in [2.75, 3.05) is 18.0 Å².